The first-order chi connectivity index (χ1) is 24.2. The lowest BCUT2D eigenvalue weighted by molar-refractivity contribution is 0.661. The molecule has 0 radical (unpaired) electrons. The fraction of sp³-hybridized carbons (Fsp3) is 0.0222. The third-order valence-corrected chi connectivity index (χ3v) is 9.61. The Balaban J connectivity index is 1.13. The molecular weight excluding hydrogens is 601 g/mol. The largest absolute Gasteiger partial charge is 0.456 e. The van der Waals surface area contributed by atoms with E-state index in [-0.39, 0.29) is 0 Å². The molecule has 0 unspecified atom stereocenters. The van der Waals surface area contributed by atoms with Gasteiger partial charge >= 0.3 is 0 Å². The van der Waals surface area contributed by atoms with Crippen LogP contribution in [0.4, 0.5) is 28.4 Å². The van der Waals surface area contributed by atoms with Gasteiger partial charge in [0.1, 0.15) is 22.3 Å². The summed E-state index contributed by atoms with van der Waals surface area (Å²) in [7, 11) is 0. The Morgan fingerprint density at radius 2 is 1.02 bits per heavy atom. The lowest BCUT2D eigenvalue weighted by Gasteiger charge is -2.25. The molecule has 0 amide bonds. The van der Waals surface area contributed by atoms with E-state index in [1.165, 1.54) is 5.39 Å². The average molecular weight is 631 g/mol. The molecule has 0 bridgehead atoms. The summed E-state index contributed by atoms with van der Waals surface area (Å²) in [5, 5.41) is 12.4. The van der Waals surface area contributed by atoms with Crippen molar-refractivity contribution in [2.45, 2.75) is 6.92 Å². The van der Waals surface area contributed by atoms with E-state index in [0.717, 1.165) is 94.0 Å². The molecule has 0 fully saturated rings. The SMILES string of the molecule is Cc1cc2c3cc4ccc(N(c5ccccc5)c5ccccc5)cc4cc3oc2c2c1oc1cc3cc(Nc4ccccc4)ccc3cc12. The van der Waals surface area contributed by atoms with Crippen LogP contribution in [0.25, 0.3) is 65.4 Å². The molecule has 0 aliphatic heterocycles. The maximum absolute atomic E-state index is 6.78. The van der Waals surface area contributed by atoms with Crippen LogP contribution in [-0.2, 0) is 0 Å². The highest BCUT2D eigenvalue weighted by Gasteiger charge is 2.20. The number of benzene rings is 8. The minimum atomic E-state index is 0.854. The van der Waals surface area contributed by atoms with E-state index in [1.807, 2.05) is 18.2 Å². The topological polar surface area (TPSA) is 41.6 Å². The molecular formula is C45H30N2O2. The molecule has 10 rings (SSSR count). The Morgan fingerprint density at radius 1 is 0.429 bits per heavy atom. The summed E-state index contributed by atoms with van der Waals surface area (Å²) in [5.41, 5.74) is 9.95. The summed E-state index contributed by atoms with van der Waals surface area (Å²) in [6, 6.07) is 55.4. The number of para-hydroxylation sites is 3. The molecule has 10 aromatic rings. The monoisotopic (exact) mass is 630 g/mol. The van der Waals surface area contributed by atoms with Gasteiger partial charge in [-0.05, 0) is 125 Å². The number of furan rings is 2. The molecule has 0 aliphatic rings. The number of rotatable bonds is 5. The number of aryl methyl sites for hydroxylation is 1. The zero-order valence-corrected chi connectivity index (χ0v) is 26.8. The van der Waals surface area contributed by atoms with Crippen LogP contribution in [0.15, 0.2) is 167 Å². The summed E-state index contributed by atoms with van der Waals surface area (Å²) in [6.07, 6.45) is 0. The maximum atomic E-state index is 6.78. The number of hydrogen-bond acceptors (Lipinski definition) is 4. The smallest absolute Gasteiger partial charge is 0.147 e. The summed E-state index contributed by atoms with van der Waals surface area (Å²) < 4.78 is 13.4. The van der Waals surface area contributed by atoms with Gasteiger partial charge in [-0.3, -0.25) is 0 Å². The summed E-state index contributed by atoms with van der Waals surface area (Å²) >= 11 is 0. The molecule has 2 heterocycles. The Kier molecular flexibility index (Phi) is 6.06. The van der Waals surface area contributed by atoms with Gasteiger partial charge in [0.2, 0.25) is 0 Å². The van der Waals surface area contributed by atoms with E-state index in [0.29, 0.717) is 0 Å². The van der Waals surface area contributed by atoms with Gasteiger partial charge in [0.05, 0.1) is 5.39 Å². The van der Waals surface area contributed by atoms with Gasteiger partial charge in [0, 0.05) is 44.6 Å². The molecule has 49 heavy (non-hydrogen) atoms. The molecule has 8 aromatic carbocycles. The van der Waals surface area contributed by atoms with Crippen LogP contribution >= 0.6 is 0 Å². The van der Waals surface area contributed by atoms with Gasteiger partial charge in [0.25, 0.3) is 0 Å². The Morgan fingerprint density at radius 3 is 1.73 bits per heavy atom. The lowest BCUT2D eigenvalue weighted by atomic mass is 10.0. The van der Waals surface area contributed by atoms with Crippen molar-refractivity contribution < 1.29 is 8.83 Å². The minimum Gasteiger partial charge on any atom is -0.456 e. The zero-order valence-electron chi connectivity index (χ0n) is 26.8. The molecule has 0 saturated carbocycles. The third-order valence-electron chi connectivity index (χ3n) is 9.61. The van der Waals surface area contributed by atoms with Crippen molar-refractivity contribution in [3.05, 3.63) is 163 Å². The van der Waals surface area contributed by atoms with Gasteiger partial charge in [-0.15, -0.1) is 0 Å². The molecule has 0 saturated heterocycles. The van der Waals surface area contributed by atoms with Crippen molar-refractivity contribution in [3.63, 3.8) is 0 Å². The molecule has 0 spiro atoms. The van der Waals surface area contributed by atoms with Crippen molar-refractivity contribution in [3.8, 4) is 0 Å². The Hall–Kier alpha value is -6.52. The van der Waals surface area contributed by atoms with E-state index in [2.05, 4.69) is 157 Å². The number of hydrogen-bond donors (Lipinski definition) is 1. The van der Waals surface area contributed by atoms with E-state index in [4.69, 9.17) is 8.83 Å². The van der Waals surface area contributed by atoms with E-state index in [9.17, 15) is 0 Å². The predicted octanol–water partition coefficient (Wildman–Crippen LogP) is 13.3. The quantitative estimate of drug-likeness (QED) is 0.205. The third kappa shape index (κ3) is 4.53. The standard InChI is InChI=1S/C45H30N2O2/c1-28-21-39-38-24-30-18-20-37(47(35-13-7-3-8-14-35)36-15-9-4-10-16-36)23-32(30)27-41(38)49-45(39)43-40-25-29-17-19-34(46-33-11-5-2-6-12-33)22-31(29)26-42(40)48-44(28)43/h2-27,46H,1H3. The van der Waals surface area contributed by atoms with Gasteiger partial charge in [-0.25, -0.2) is 0 Å². The maximum Gasteiger partial charge on any atom is 0.147 e. The Bertz CT molecular complexity index is 2810. The highest BCUT2D eigenvalue weighted by molar-refractivity contribution is 6.25. The van der Waals surface area contributed by atoms with Crippen molar-refractivity contribution in [2.24, 2.45) is 0 Å². The van der Waals surface area contributed by atoms with Crippen LogP contribution in [0.5, 0.6) is 0 Å². The molecule has 0 aliphatic carbocycles. The van der Waals surface area contributed by atoms with E-state index in [1.54, 1.807) is 0 Å². The fourth-order valence-electron chi connectivity index (χ4n) is 7.31. The van der Waals surface area contributed by atoms with Gasteiger partial charge in [-0.2, -0.15) is 0 Å². The summed E-state index contributed by atoms with van der Waals surface area (Å²) in [4.78, 5) is 2.29. The number of nitrogens with zero attached hydrogens (tertiary/aromatic N) is 1. The van der Waals surface area contributed by atoms with Crippen LogP contribution in [-0.4, -0.2) is 0 Å². The molecule has 232 valence electrons. The fourth-order valence-corrected chi connectivity index (χ4v) is 7.31. The van der Waals surface area contributed by atoms with Crippen molar-refractivity contribution >= 4 is 93.9 Å². The zero-order chi connectivity index (χ0) is 32.5. The van der Waals surface area contributed by atoms with Crippen LogP contribution in [0, 0.1) is 6.92 Å². The van der Waals surface area contributed by atoms with Gasteiger partial charge in [-0.1, -0.05) is 66.7 Å². The van der Waals surface area contributed by atoms with E-state index >= 15 is 0 Å². The highest BCUT2D eigenvalue weighted by atomic mass is 16.3. The van der Waals surface area contributed by atoms with Gasteiger partial charge in [0.15, 0.2) is 0 Å². The number of anilines is 5. The second kappa shape index (κ2) is 10.8. The average Bonchev–Trinajstić information content (AvgIpc) is 3.69. The van der Waals surface area contributed by atoms with Crippen molar-refractivity contribution in [2.75, 3.05) is 10.2 Å². The first-order valence-corrected chi connectivity index (χ1v) is 16.6. The van der Waals surface area contributed by atoms with Crippen LogP contribution < -0.4 is 10.2 Å². The number of nitrogens with one attached hydrogen (secondary N) is 1. The second-order valence-electron chi connectivity index (χ2n) is 12.8. The first kappa shape index (κ1) is 27.6. The molecule has 4 heteroatoms. The molecule has 2 aromatic heterocycles. The Labute approximate surface area is 282 Å². The molecule has 1 N–H and O–H groups in total. The highest BCUT2D eigenvalue weighted by Crippen LogP contribution is 2.44. The normalized spacial score (nSPS) is 11.8. The van der Waals surface area contributed by atoms with Crippen LogP contribution in [0.3, 0.4) is 0 Å². The lowest BCUT2D eigenvalue weighted by Crippen LogP contribution is -2.09. The second-order valence-corrected chi connectivity index (χ2v) is 12.8. The van der Waals surface area contributed by atoms with Crippen LogP contribution in [0.2, 0.25) is 0 Å². The van der Waals surface area contributed by atoms with E-state index < -0.39 is 0 Å². The van der Waals surface area contributed by atoms with Crippen molar-refractivity contribution in [1.82, 2.24) is 0 Å². The first-order valence-electron chi connectivity index (χ1n) is 16.6. The van der Waals surface area contributed by atoms with Crippen molar-refractivity contribution in [1.29, 1.82) is 0 Å². The van der Waals surface area contributed by atoms with Crippen LogP contribution in [0.1, 0.15) is 5.56 Å². The van der Waals surface area contributed by atoms with Gasteiger partial charge < -0.3 is 19.1 Å². The summed E-state index contributed by atoms with van der Waals surface area (Å²) in [5.74, 6) is 0. The minimum absolute atomic E-state index is 0.854. The number of fused-ring (bicyclic) bond motifs is 9. The predicted molar refractivity (Wildman–Crippen MR) is 205 cm³/mol. The summed E-state index contributed by atoms with van der Waals surface area (Å²) in [6.45, 7) is 2.12. The molecule has 0 atom stereocenters. The molecule has 4 nitrogen and oxygen atoms in total.